The summed E-state index contributed by atoms with van der Waals surface area (Å²) in [6, 6.07) is 6.17. The summed E-state index contributed by atoms with van der Waals surface area (Å²) in [5, 5.41) is 21.7. The van der Waals surface area contributed by atoms with Gasteiger partial charge in [-0.05, 0) is 30.7 Å². The Bertz CT molecular complexity index is 689. The molecule has 0 saturated carbocycles. The van der Waals surface area contributed by atoms with Crippen molar-refractivity contribution in [2.75, 3.05) is 13.1 Å². The van der Waals surface area contributed by atoms with Gasteiger partial charge in [0, 0.05) is 24.0 Å². The van der Waals surface area contributed by atoms with Crippen LogP contribution in [0.15, 0.2) is 29.6 Å². The normalized spacial score (nSPS) is 22.2. The molecule has 1 saturated heterocycles. The van der Waals surface area contributed by atoms with Crippen LogP contribution in [0.25, 0.3) is 11.3 Å². The number of carboxylic acid groups (broad SMARTS) is 1. The third kappa shape index (κ3) is 3.74. The Morgan fingerprint density at radius 1 is 1.39 bits per heavy atom. The van der Waals surface area contributed by atoms with Gasteiger partial charge in [0.05, 0.1) is 24.3 Å². The van der Waals surface area contributed by atoms with Crippen LogP contribution in [0.2, 0.25) is 0 Å². The number of hydrogen-bond donors (Lipinski definition) is 2. The molecule has 3 rings (SSSR count). The number of rotatable bonds is 4. The Kier molecular flexibility index (Phi) is 4.70. The van der Waals surface area contributed by atoms with Gasteiger partial charge in [-0.1, -0.05) is 0 Å². The van der Waals surface area contributed by atoms with E-state index in [1.165, 1.54) is 23.5 Å². The molecule has 1 aromatic carbocycles. The lowest BCUT2D eigenvalue weighted by Gasteiger charge is -2.33. The van der Waals surface area contributed by atoms with Crippen molar-refractivity contribution in [3.63, 3.8) is 0 Å². The summed E-state index contributed by atoms with van der Waals surface area (Å²) in [5.74, 6) is -2.00. The first-order chi connectivity index (χ1) is 11.0. The number of aliphatic carboxylic acids is 1. The number of benzene rings is 1. The van der Waals surface area contributed by atoms with Gasteiger partial charge in [-0.3, -0.25) is 9.69 Å². The molecule has 5 nitrogen and oxygen atoms in total. The largest absolute Gasteiger partial charge is 0.481 e. The van der Waals surface area contributed by atoms with E-state index in [0.717, 1.165) is 16.3 Å². The van der Waals surface area contributed by atoms with Crippen molar-refractivity contribution in [2.24, 2.45) is 5.92 Å². The Balaban J connectivity index is 1.67. The number of likely N-dealkylation sites (tertiary alicyclic amines) is 1. The minimum Gasteiger partial charge on any atom is -0.481 e. The summed E-state index contributed by atoms with van der Waals surface area (Å²) >= 11 is 1.50. The number of piperidine rings is 1. The Morgan fingerprint density at radius 2 is 2.13 bits per heavy atom. The van der Waals surface area contributed by atoms with Crippen LogP contribution in [0, 0.1) is 11.7 Å². The SMILES string of the molecule is O=C(O)[C@@H]1CN(Cc2nc(-c3ccc(F)cc3)cs2)CC[C@H]1O. The smallest absolute Gasteiger partial charge is 0.310 e. The summed E-state index contributed by atoms with van der Waals surface area (Å²) in [4.78, 5) is 17.7. The molecule has 2 aromatic rings. The predicted octanol–water partition coefficient (Wildman–Crippen LogP) is 2.22. The maximum absolute atomic E-state index is 13.0. The van der Waals surface area contributed by atoms with Gasteiger partial charge in [-0.15, -0.1) is 11.3 Å². The average Bonchev–Trinajstić information content (AvgIpc) is 2.98. The molecule has 7 heteroatoms. The third-order valence-electron chi connectivity index (χ3n) is 4.03. The van der Waals surface area contributed by atoms with Gasteiger partial charge < -0.3 is 10.2 Å². The first-order valence-electron chi connectivity index (χ1n) is 7.36. The van der Waals surface area contributed by atoms with Crippen molar-refractivity contribution in [1.82, 2.24) is 9.88 Å². The Morgan fingerprint density at radius 3 is 2.83 bits per heavy atom. The van der Waals surface area contributed by atoms with Gasteiger partial charge in [0.2, 0.25) is 0 Å². The fourth-order valence-electron chi connectivity index (χ4n) is 2.72. The molecule has 2 heterocycles. The molecule has 0 bridgehead atoms. The van der Waals surface area contributed by atoms with E-state index >= 15 is 0 Å². The van der Waals surface area contributed by atoms with Crippen molar-refractivity contribution >= 4 is 17.3 Å². The van der Waals surface area contributed by atoms with E-state index in [2.05, 4.69) is 4.98 Å². The second kappa shape index (κ2) is 6.74. The predicted molar refractivity (Wildman–Crippen MR) is 84.5 cm³/mol. The van der Waals surface area contributed by atoms with Crippen LogP contribution >= 0.6 is 11.3 Å². The zero-order valence-corrected chi connectivity index (χ0v) is 13.2. The molecule has 1 aliphatic rings. The second-order valence-corrected chi connectivity index (χ2v) is 6.61. The van der Waals surface area contributed by atoms with Gasteiger partial charge in [0.15, 0.2) is 0 Å². The molecule has 122 valence electrons. The number of aromatic nitrogens is 1. The molecule has 0 unspecified atom stereocenters. The molecule has 0 amide bonds. The number of carbonyl (C=O) groups is 1. The summed E-state index contributed by atoms with van der Waals surface area (Å²) in [7, 11) is 0. The molecule has 2 N–H and O–H groups in total. The van der Waals surface area contributed by atoms with Crippen LogP contribution < -0.4 is 0 Å². The van der Waals surface area contributed by atoms with Crippen LogP contribution in [0.5, 0.6) is 0 Å². The highest BCUT2D eigenvalue weighted by Crippen LogP contribution is 2.25. The van der Waals surface area contributed by atoms with Gasteiger partial charge in [0.25, 0.3) is 0 Å². The van der Waals surface area contributed by atoms with Gasteiger partial charge in [-0.25, -0.2) is 9.37 Å². The zero-order chi connectivity index (χ0) is 16.4. The topological polar surface area (TPSA) is 73.7 Å². The average molecular weight is 336 g/mol. The number of nitrogens with zero attached hydrogens (tertiary/aromatic N) is 2. The second-order valence-electron chi connectivity index (χ2n) is 5.67. The van der Waals surface area contributed by atoms with Crippen LogP contribution in [0.3, 0.4) is 0 Å². The van der Waals surface area contributed by atoms with Crippen molar-refractivity contribution in [3.05, 3.63) is 40.5 Å². The maximum atomic E-state index is 13.0. The fraction of sp³-hybridized carbons (Fsp3) is 0.375. The summed E-state index contributed by atoms with van der Waals surface area (Å²) in [6.45, 7) is 1.53. The minimum absolute atomic E-state index is 0.282. The van der Waals surface area contributed by atoms with Crippen molar-refractivity contribution in [3.8, 4) is 11.3 Å². The molecule has 1 fully saturated rings. The molecule has 0 spiro atoms. The Labute approximate surface area is 137 Å². The monoisotopic (exact) mass is 336 g/mol. The van der Waals surface area contributed by atoms with Crippen molar-refractivity contribution in [2.45, 2.75) is 19.1 Å². The third-order valence-corrected chi connectivity index (χ3v) is 4.86. The van der Waals surface area contributed by atoms with E-state index in [0.29, 0.717) is 26.1 Å². The molecular formula is C16H17FN2O3S. The van der Waals surface area contributed by atoms with E-state index in [1.54, 1.807) is 12.1 Å². The summed E-state index contributed by atoms with van der Waals surface area (Å²) < 4.78 is 13.0. The quantitative estimate of drug-likeness (QED) is 0.895. The molecule has 0 aliphatic carbocycles. The molecule has 2 atom stereocenters. The lowest BCUT2D eigenvalue weighted by molar-refractivity contribution is -0.149. The zero-order valence-electron chi connectivity index (χ0n) is 12.4. The highest BCUT2D eigenvalue weighted by molar-refractivity contribution is 7.09. The number of halogens is 1. The lowest BCUT2D eigenvalue weighted by atomic mass is 9.95. The molecule has 1 aliphatic heterocycles. The van der Waals surface area contributed by atoms with E-state index < -0.39 is 18.0 Å². The maximum Gasteiger partial charge on any atom is 0.310 e. The molecule has 23 heavy (non-hydrogen) atoms. The first kappa shape index (κ1) is 16.0. The van der Waals surface area contributed by atoms with Crippen LogP contribution in [0.1, 0.15) is 11.4 Å². The number of aliphatic hydroxyl groups is 1. The van der Waals surface area contributed by atoms with Crippen molar-refractivity contribution < 1.29 is 19.4 Å². The van der Waals surface area contributed by atoms with Gasteiger partial charge in [0.1, 0.15) is 10.8 Å². The number of hydrogen-bond acceptors (Lipinski definition) is 5. The number of carboxylic acids is 1. The molecule has 0 radical (unpaired) electrons. The van der Waals surface area contributed by atoms with Crippen molar-refractivity contribution in [1.29, 1.82) is 0 Å². The first-order valence-corrected chi connectivity index (χ1v) is 8.24. The summed E-state index contributed by atoms with van der Waals surface area (Å²) in [5.41, 5.74) is 1.64. The van der Waals surface area contributed by atoms with Gasteiger partial charge >= 0.3 is 5.97 Å². The van der Waals surface area contributed by atoms with Crippen LogP contribution in [0.4, 0.5) is 4.39 Å². The highest BCUT2D eigenvalue weighted by Gasteiger charge is 2.33. The van der Waals surface area contributed by atoms with E-state index in [1.807, 2.05) is 10.3 Å². The van der Waals surface area contributed by atoms with Crippen LogP contribution in [-0.2, 0) is 11.3 Å². The van der Waals surface area contributed by atoms with Gasteiger partial charge in [-0.2, -0.15) is 0 Å². The van der Waals surface area contributed by atoms with E-state index in [-0.39, 0.29) is 5.82 Å². The number of thiazole rings is 1. The summed E-state index contributed by atoms with van der Waals surface area (Å²) in [6.07, 6.45) is -0.331. The molecule has 1 aromatic heterocycles. The van der Waals surface area contributed by atoms with Crippen LogP contribution in [-0.4, -0.2) is 45.3 Å². The lowest BCUT2D eigenvalue weighted by Crippen LogP contribution is -2.46. The standard InChI is InChI=1S/C16H17FN2O3S/c17-11-3-1-10(2-4-11)13-9-23-15(18-13)8-19-6-5-14(20)12(7-19)16(21)22/h1-4,9,12,14,20H,5-8H2,(H,21,22)/t12-,14-/m1/s1. The minimum atomic E-state index is -0.965. The van der Waals surface area contributed by atoms with E-state index in [4.69, 9.17) is 5.11 Å². The Hall–Kier alpha value is -1.83. The number of aliphatic hydroxyl groups excluding tert-OH is 1. The molecular weight excluding hydrogens is 319 g/mol. The van der Waals surface area contributed by atoms with E-state index in [9.17, 15) is 14.3 Å². The fourth-order valence-corrected chi connectivity index (χ4v) is 3.57. The highest BCUT2D eigenvalue weighted by atomic mass is 32.1.